The second kappa shape index (κ2) is 8.26. The third-order valence-corrected chi connectivity index (χ3v) is 4.86. The minimum atomic E-state index is -0.276. The summed E-state index contributed by atoms with van der Waals surface area (Å²) in [6.07, 6.45) is 7.77. The quantitative estimate of drug-likeness (QED) is 0.605. The van der Waals surface area contributed by atoms with Gasteiger partial charge in [0.05, 0.1) is 18.7 Å². The van der Waals surface area contributed by atoms with Crippen LogP contribution in [0.4, 0.5) is 0 Å². The van der Waals surface area contributed by atoms with Crippen LogP contribution in [-0.2, 0) is 16.1 Å². The molecule has 0 atom stereocenters. The number of amides is 1. The predicted octanol–water partition coefficient (Wildman–Crippen LogP) is 3.01. The Bertz CT molecular complexity index is 1090. The van der Waals surface area contributed by atoms with Crippen LogP contribution < -0.4 is 0 Å². The largest absolute Gasteiger partial charge is 0.466 e. The molecular weight excluding hydrogens is 368 g/mol. The van der Waals surface area contributed by atoms with Crippen LogP contribution >= 0.6 is 0 Å². The molecule has 4 rings (SSSR count). The van der Waals surface area contributed by atoms with Crippen molar-refractivity contribution in [2.45, 2.75) is 19.9 Å². The molecule has 0 aromatic carbocycles. The van der Waals surface area contributed by atoms with Gasteiger partial charge in [-0.2, -0.15) is 0 Å². The van der Waals surface area contributed by atoms with Crippen molar-refractivity contribution in [3.63, 3.8) is 0 Å². The molecule has 0 bridgehead atoms. The molecule has 0 saturated heterocycles. The Labute approximate surface area is 168 Å². The first-order valence-corrected chi connectivity index (χ1v) is 9.69. The van der Waals surface area contributed by atoms with E-state index < -0.39 is 0 Å². The fraction of sp³-hybridized carbons (Fsp3) is 0.273. The maximum absolute atomic E-state index is 12.7. The molecule has 148 valence electrons. The predicted molar refractivity (Wildman–Crippen MR) is 110 cm³/mol. The number of carbonyl (C=O) groups excluding carboxylic acids is 2. The van der Waals surface area contributed by atoms with E-state index in [0.29, 0.717) is 37.6 Å². The summed E-state index contributed by atoms with van der Waals surface area (Å²) in [6.45, 7) is 3.79. The molecule has 0 spiro atoms. The Hall–Kier alpha value is -3.48. The van der Waals surface area contributed by atoms with Gasteiger partial charge in [-0.25, -0.2) is 9.97 Å². The molecule has 0 saturated carbocycles. The highest BCUT2D eigenvalue weighted by Crippen LogP contribution is 2.19. The standard InChI is InChI=1S/C22H22N4O3/c1-2-29-20(27)9-11-25-12-13-26-15-16(14-19(26)22(25)28)5-7-18-8-6-17-4-3-10-23-21(17)24-18/h3-8,10,14-15H,2,9,11-13H2,1H3/b7-5+. The van der Waals surface area contributed by atoms with E-state index in [0.717, 1.165) is 16.6 Å². The van der Waals surface area contributed by atoms with Gasteiger partial charge in [0.15, 0.2) is 5.65 Å². The van der Waals surface area contributed by atoms with Gasteiger partial charge in [0.25, 0.3) is 5.91 Å². The van der Waals surface area contributed by atoms with Gasteiger partial charge in [-0.15, -0.1) is 0 Å². The minimum absolute atomic E-state index is 0.0618. The SMILES string of the molecule is CCOC(=O)CCN1CCn2cc(/C=C/c3ccc4cccnc4n3)cc2C1=O. The number of carbonyl (C=O) groups is 2. The monoisotopic (exact) mass is 390 g/mol. The van der Waals surface area contributed by atoms with Gasteiger partial charge in [0.1, 0.15) is 5.69 Å². The first-order chi connectivity index (χ1) is 14.1. The van der Waals surface area contributed by atoms with Crippen LogP contribution in [0.15, 0.2) is 42.7 Å². The fourth-order valence-corrected chi connectivity index (χ4v) is 3.40. The van der Waals surface area contributed by atoms with E-state index in [4.69, 9.17) is 4.74 Å². The van der Waals surface area contributed by atoms with E-state index in [1.807, 2.05) is 53.2 Å². The Morgan fingerprint density at radius 3 is 3.00 bits per heavy atom. The van der Waals surface area contributed by atoms with Crippen LogP contribution in [0.1, 0.15) is 35.1 Å². The lowest BCUT2D eigenvalue weighted by molar-refractivity contribution is -0.143. The van der Waals surface area contributed by atoms with Gasteiger partial charge in [-0.05, 0) is 48.9 Å². The Kier molecular flexibility index (Phi) is 5.37. The van der Waals surface area contributed by atoms with E-state index in [1.54, 1.807) is 18.0 Å². The average molecular weight is 390 g/mol. The van der Waals surface area contributed by atoms with Crippen molar-refractivity contribution in [2.75, 3.05) is 19.7 Å². The number of hydrogen-bond acceptors (Lipinski definition) is 5. The molecule has 0 radical (unpaired) electrons. The summed E-state index contributed by atoms with van der Waals surface area (Å²) in [5.41, 5.74) is 3.08. The van der Waals surface area contributed by atoms with Crippen LogP contribution in [0.5, 0.6) is 0 Å². The Balaban J connectivity index is 1.46. The highest BCUT2D eigenvalue weighted by molar-refractivity contribution is 5.94. The van der Waals surface area contributed by atoms with Gasteiger partial charge in [-0.1, -0.05) is 6.08 Å². The average Bonchev–Trinajstić information content (AvgIpc) is 3.16. The van der Waals surface area contributed by atoms with E-state index >= 15 is 0 Å². The van der Waals surface area contributed by atoms with Crippen molar-refractivity contribution >= 4 is 35.1 Å². The normalized spacial score (nSPS) is 13.8. The van der Waals surface area contributed by atoms with Gasteiger partial charge in [0.2, 0.25) is 0 Å². The molecule has 4 heterocycles. The van der Waals surface area contributed by atoms with Gasteiger partial charge >= 0.3 is 5.97 Å². The molecule has 29 heavy (non-hydrogen) atoms. The van der Waals surface area contributed by atoms with Crippen molar-refractivity contribution in [3.8, 4) is 0 Å². The Morgan fingerprint density at radius 2 is 2.14 bits per heavy atom. The number of aromatic nitrogens is 3. The molecule has 1 amide bonds. The number of hydrogen-bond donors (Lipinski definition) is 0. The molecule has 0 fully saturated rings. The summed E-state index contributed by atoms with van der Waals surface area (Å²) < 4.78 is 6.90. The van der Waals surface area contributed by atoms with Crippen LogP contribution in [0.25, 0.3) is 23.2 Å². The second-order valence-electron chi connectivity index (χ2n) is 6.82. The molecule has 0 N–H and O–H groups in total. The molecule has 3 aromatic rings. The van der Waals surface area contributed by atoms with Gasteiger partial charge < -0.3 is 14.2 Å². The minimum Gasteiger partial charge on any atom is -0.466 e. The number of fused-ring (bicyclic) bond motifs is 2. The maximum Gasteiger partial charge on any atom is 0.307 e. The molecule has 0 unspecified atom stereocenters. The molecule has 7 nitrogen and oxygen atoms in total. The highest BCUT2D eigenvalue weighted by atomic mass is 16.5. The van der Waals surface area contributed by atoms with Crippen LogP contribution in [-0.4, -0.2) is 51.0 Å². The number of esters is 1. The van der Waals surface area contributed by atoms with Gasteiger partial charge in [-0.3, -0.25) is 9.59 Å². The summed E-state index contributed by atoms with van der Waals surface area (Å²) >= 11 is 0. The number of ether oxygens (including phenoxy) is 1. The molecule has 1 aliphatic heterocycles. The topological polar surface area (TPSA) is 77.3 Å². The lowest BCUT2D eigenvalue weighted by Gasteiger charge is -2.27. The molecule has 1 aliphatic rings. The zero-order chi connectivity index (χ0) is 20.2. The zero-order valence-corrected chi connectivity index (χ0v) is 16.2. The lowest BCUT2D eigenvalue weighted by Crippen LogP contribution is -2.41. The molecule has 3 aromatic heterocycles. The van der Waals surface area contributed by atoms with Crippen molar-refractivity contribution in [3.05, 3.63) is 59.7 Å². The summed E-state index contributed by atoms with van der Waals surface area (Å²) in [5.74, 6) is -0.338. The number of nitrogens with zero attached hydrogens (tertiary/aromatic N) is 4. The zero-order valence-electron chi connectivity index (χ0n) is 16.2. The number of rotatable bonds is 6. The smallest absolute Gasteiger partial charge is 0.307 e. The molecule has 7 heteroatoms. The summed E-state index contributed by atoms with van der Waals surface area (Å²) in [4.78, 5) is 34.8. The maximum atomic E-state index is 12.7. The Morgan fingerprint density at radius 1 is 1.24 bits per heavy atom. The summed E-state index contributed by atoms with van der Waals surface area (Å²) in [6, 6.07) is 9.67. The molecule has 0 aliphatic carbocycles. The first-order valence-electron chi connectivity index (χ1n) is 9.69. The third kappa shape index (κ3) is 4.18. The van der Waals surface area contributed by atoms with E-state index in [1.165, 1.54) is 0 Å². The van der Waals surface area contributed by atoms with Crippen molar-refractivity contribution in [1.29, 1.82) is 0 Å². The second-order valence-corrected chi connectivity index (χ2v) is 6.82. The van der Waals surface area contributed by atoms with Crippen LogP contribution in [0, 0.1) is 0 Å². The first kappa shape index (κ1) is 18.9. The van der Waals surface area contributed by atoms with Crippen molar-refractivity contribution in [2.24, 2.45) is 0 Å². The van der Waals surface area contributed by atoms with Crippen LogP contribution in [0.3, 0.4) is 0 Å². The third-order valence-electron chi connectivity index (χ3n) is 4.86. The summed E-state index contributed by atoms with van der Waals surface area (Å²) in [5, 5.41) is 0.998. The van der Waals surface area contributed by atoms with Crippen molar-refractivity contribution in [1.82, 2.24) is 19.4 Å². The fourth-order valence-electron chi connectivity index (χ4n) is 3.40. The van der Waals surface area contributed by atoms with E-state index in [9.17, 15) is 9.59 Å². The highest BCUT2D eigenvalue weighted by Gasteiger charge is 2.25. The van der Waals surface area contributed by atoms with Crippen LogP contribution in [0.2, 0.25) is 0 Å². The van der Waals surface area contributed by atoms with E-state index in [2.05, 4.69) is 9.97 Å². The van der Waals surface area contributed by atoms with Gasteiger partial charge in [0, 0.05) is 37.4 Å². The number of pyridine rings is 2. The molecular formula is C22H22N4O3. The van der Waals surface area contributed by atoms with E-state index in [-0.39, 0.29) is 18.3 Å². The van der Waals surface area contributed by atoms with Crippen molar-refractivity contribution < 1.29 is 14.3 Å². The lowest BCUT2D eigenvalue weighted by atomic mass is 10.2. The summed E-state index contributed by atoms with van der Waals surface area (Å²) in [7, 11) is 0.